The number of benzene rings is 3. The number of rotatable bonds is 6. The van der Waals surface area contributed by atoms with Crippen LogP contribution < -0.4 is 10.1 Å². The van der Waals surface area contributed by atoms with Crippen molar-refractivity contribution in [3.63, 3.8) is 0 Å². The lowest BCUT2D eigenvalue weighted by atomic mass is 10.1. The van der Waals surface area contributed by atoms with Gasteiger partial charge in [-0.05, 0) is 63.1 Å². The highest BCUT2D eigenvalue weighted by atomic mass is 16.5. The molecule has 6 heteroatoms. The quantitative estimate of drug-likeness (QED) is 0.441. The lowest BCUT2D eigenvalue weighted by molar-refractivity contribution is 0.101. The molecule has 0 fully saturated rings. The van der Waals surface area contributed by atoms with E-state index in [1.807, 2.05) is 94.4 Å². The van der Waals surface area contributed by atoms with Crippen molar-refractivity contribution >= 4 is 11.6 Å². The number of para-hydroxylation sites is 1. The van der Waals surface area contributed by atoms with Crippen LogP contribution in [0.25, 0.3) is 17.1 Å². The van der Waals surface area contributed by atoms with Gasteiger partial charge in [0.2, 0.25) is 5.82 Å². The van der Waals surface area contributed by atoms with Crippen molar-refractivity contribution in [2.75, 3.05) is 11.9 Å². The van der Waals surface area contributed by atoms with Gasteiger partial charge in [-0.25, -0.2) is 9.67 Å². The Balaban J connectivity index is 1.75. The van der Waals surface area contributed by atoms with Crippen molar-refractivity contribution in [3.8, 4) is 22.8 Å². The van der Waals surface area contributed by atoms with Gasteiger partial charge in [-0.1, -0.05) is 48.0 Å². The Morgan fingerprint density at radius 3 is 2.22 bits per heavy atom. The second-order valence-electron chi connectivity index (χ2n) is 7.68. The van der Waals surface area contributed by atoms with Crippen LogP contribution in [0.5, 0.6) is 5.75 Å². The van der Waals surface area contributed by atoms with Crippen LogP contribution in [-0.4, -0.2) is 27.3 Å². The van der Waals surface area contributed by atoms with Gasteiger partial charge in [-0.3, -0.25) is 4.79 Å². The predicted molar refractivity (Wildman–Crippen MR) is 127 cm³/mol. The van der Waals surface area contributed by atoms with Crippen LogP contribution in [0.1, 0.15) is 34.2 Å². The van der Waals surface area contributed by atoms with E-state index in [1.165, 1.54) is 0 Å². The van der Waals surface area contributed by atoms with E-state index in [0.29, 0.717) is 12.4 Å². The van der Waals surface area contributed by atoms with E-state index in [0.717, 1.165) is 39.4 Å². The van der Waals surface area contributed by atoms with Crippen molar-refractivity contribution in [1.82, 2.24) is 14.8 Å². The van der Waals surface area contributed by atoms with Gasteiger partial charge >= 0.3 is 0 Å². The van der Waals surface area contributed by atoms with Crippen LogP contribution in [-0.2, 0) is 0 Å². The van der Waals surface area contributed by atoms with E-state index < -0.39 is 0 Å². The third-order valence-corrected chi connectivity index (χ3v) is 5.23. The number of carbonyl (C=O) groups is 1. The van der Waals surface area contributed by atoms with Crippen molar-refractivity contribution in [3.05, 3.63) is 89.2 Å². The van der Waals surface area contributed by atoms with Crippen LogP contribution in [0.3, 0.4) is 0 Å². The van der Waals surface area contributed by atoms with Gasteiger partial charge in [0.05, 0.1) is 12.3 Å². The fourth-order valence-electron chi connectivity index (χ4n) is 3.51. The topological polar surface area (TPSA) is 69.0 Å². The number of amides is 1. The molecule has 1 amide bonds. The minimum Gasteiger partial charge on any atom is -0.494 e. The minimum absolute atomic E-state index is 0.108. The number of nitrogens with zero attached hydrogens (tertiary/aromatic N) is 3. The van der Waals surface area contributed by atoms with E-state index in [-0.39, 0.29) is 11.7 Å². The first-order valence-corrected chi connectivity index (χ1v) is 10.6. The molecule has 4 aromatic rings. The molecule has 4 rings (SSSR count). The average molecular weight is 427 g/mol. The zero-order chi connectivity index (χ0) is 22.7. The Labute approximate surface area is 187 Å². The highest BCUT2D eigenvalue weighted by Crippen LogP contribution is 2.25. The van der Waals surface area contributed by atoms with Gasteiger partial charge in [0, 0.05) is 11.3 Å². The second kappa shape index (κ2) is 9.06. The maximum absolute atomic E-state index is 13.1. The van der Waals surface area contributed by atoms with E-state index in [2.05, 4.69) is 15.4 Å². The normalized spacial score (nSPS) is 10.8. The Hall–Kier alpha value is -3.93. The van der Waals surface area contributed by atoms with Crippen molar-refractivity contribution in [2.45, 2.75) is 27.7 Å². The van der Waals surface area contributed by atoms with Crippen LogP contribution in [0.4, 0.5) is 5.69 Å². The van der Waals surface area contributed by atoms with Gasteiger partial charge in [-0.2, -0.15) is 0 Å². The number of anilines is 1. The molecule has 3 aromatic carbocycles. The highest BCUT2D eigenvalue weighted by Gasteiger charge is 2.20. The third kappa shape index (κ3) is 4.39. The first-order chi connectivity index (χ1) is 15.5. The number of aryl methyl sites for hydroxylation is 3. The first kappa shape index (κ1) is 21.3. The number of aromatic nitrogens is 3. The van der Waals surface area contributed by atoms with Crippen LogP contribution in [0, 0.1) is 20.8 Å². The number of nitrogens with one attached hydrogen (secondary N) is 1. The molecule has 0 aliphatic carbocycles. The summed E-state index contributed by atoms with van der Waals surface area (Å²) in [7, 11) is 0. The summed E-state index contributed by atoms with van der Waals surface area (Å²) in [6.45, 7) is 8.50. The maximum atomic E-state index is 13.1. The zero-order valence-electron chi connectivity index (χ0n) is 18.7. The molecule has 0 saturated heterocycles. The summed E-state index contributed by atoms with van der Waals surface area (Å²) in [4.78, 5) is 17.7. The fourth-order valence-corrected chi connectivity index (χ4v) is 3.51. The number of hydrogen-bond acceptors (Lipinski definition) is 4. The molecule has 1 heterocycles. The molecule has 0 bridgehead atoms. The molecule has 0 radical (unpaired) electrons. The highest BCUT2D eigenvalue weighted by molar-refractivity contribution is 6.02. The van der Waals surface area contributed by atoms with Gasteiger partial charge in [-0.15, -0.1) is 5.10 Å². The molecule has 0 spiro atoms. The summed E-state index contributed by atoms with van der Waals surface area (Å²) in [6.07, 6.45) is 0. The van der Waals surface area contributed by atoms with Crippen molar-refractivity contribution in [1.29, 1.82) is 0 Å². The van der Waals surface area contributed by atoms with E-state index in [9.17, 15) is 4.79 Å². The van der Waals surface area contributed by atoms with Crippen LogP contribution >= 0.6 is 0 Å². The minimum atomic E-state index is -0.347. The molecule has 6 nitrogen and oxygen atoms in total. The van der Waals surface area contributed by atoms with E-state index in [4.69, 9.17) is 4.74 Å². The predicted octanol–water partition coefficient (Wildman–Crippen LogP) is 5.51. The first-order valence-electron chi connectivity index (χ1n) is 10.6. The Bertz CT molecular complexity index is 1220. The smallest absolute Gasteiger partial charge is 0.295 e. The Kier molecular flexibility index (Phi) is 6.03. The molecule has 0 atom stereocenters. The molecule has 32 heavy (non-hydrogen) atoms. The summed E-state index contributed by atoms with van der Waals surface area (Å²) in [6, 6.07) is 21.5. The molecule has 0 unspecified atom stereocenters. The lowest BCUT2D eigenvalue weighted by Crippen LogP contribution is -2.16. The van der Waals surface area contributed by atoms with Gasteiger partial charge in [0.1, 0.15) is 5.75 Å². The molecular formula is C26H26N4O2. The number of carbonyl (C=O) groups excluding carboxylic acids is 1. The summed E-state index contributed by atoms with van der Waals surface area (Å²) in [5, 5.41) is 7.54. The summed E-state index contributed by atoms with van der Waals surface area (Å²) in [5.74, 6) is 1.14. The van der Waals surface area contributed by atoms with E-state index >= 15 is 0 Å². The molecule has 1 N–H and O–H groups in total. The van der Waals surface area contributed by atoms with Gasteiger partial charge in [0.15, 0.2) is 5.82 Å². The fraction of sp³-hybridized carbons (Fsp3) is 0.192. The Morgan fingerprint density at radius 1 is 0.938 bits per heavy atom. The van der Waals surface area contributed by atoms with Crippen LogP contribution in [0.15, 0.2) is 66.7 Å². The molecule has 0 aliphatic heterocycles. The van der Waals surface area contributed by atoms with Crippen molar-refractivity contribution < 1.29 is 9.53 Å². The molecule has 1 aromatic heterocycles. The van der Waals surface area contributed by atoms with Crippen LogP contribution in [0.2, 0.25) is 0 Å². The average Bonchev–Trinajstić information content (AvgIpc) is 3.23. The Morgan fingerprint density at radius 2 is 1.59 bits per heavy atom. The lowest BCUT2D eigenvalue weighted by Gasteiger charge is -2.09. The summed E-state index contributed by atoms with van der Waals surface area (Å²) >= 11 is 0. The standard InChI is InChI=1S/C26H26N4O2/c1-5-32-22-15-13-21(14-16-22)30-25(20-11-9-17(2)10-12-20)28-24(29-30)26(31)27-23-18(3)7-6-8-19(23)4/h6-16H,5H2,1-4H3,(H,27,31). The number of ether oxygens (including phenoxy) is 1. The SMILES string of the molecule is CCOc1ccc(-n2nc(C(=O)Nc3c(C)cccc3C)nc2-c2ccc(C)cc2)cc1. The molecule has 162 valence electrons. The zero-order valence-corrected chi connectivity index (χ0v) is 18.7. The molecule has 0 aliphatic rings. The van der Waals surface area contributed by atoms with Gasteiger partial charge < -0.3 is 10.1 Å². The monoisotopic (exact) mass is 426 g/mol. The maximum Gasteiger partial charge on any atom is 0.295 e. The largest absolute Gasteiger partial charge is 0.494 e. The van der Waals surface area contributed by atoms with Crippen molar-refractivity contribution in [2.24, 2.45) is 0 Å². The van der Waals surface area contributed by atoms with Gasteiger partial charge in [0.25, 0.3) is 5.91 Å². The summed E-state index contributed by atoms with van der Waals surface area (Å²) < 4.78 is 7.24. The number of hydrogen-bond donors (Lipinski definition) is 1. The molecular weight excluding hydrogens is 400 g/mol. The summed E-state index contributed by atoms with van der Waals surface area (Å²) in [5.41, 5.74) is 5.58. The third-order valence-electron chi connectivity index (χ3n) is 5.23. The molecule has 0 saturated carbocycles. The second-order valence-corrected chi connectivity index (χ2v) is 7.68. The van der Waals surface area contributed by atoms with E-state index in [1.54, 1.807) is 4.68 Å².